The molecule has 2 N–H and O–H groups in total. The van der Waals surface area contributed by atoms with Gasteiger partial charge in [0.05, 0.1) is 0 Å². The number of hydrogen-bond donors (Lipinski definition) is 2. The van der Waals surface area contributed by atoms with Crippen molar-refractivity contribution in [2.24, 2.45) is 11.8 Å². The largest absolute Gasteiger partial charge is 0.338 e. The minimum Gasteiger partial charge on any atom is -0.338 e. The average molecular weight is 335 g/mol. The maximum absolute atomic E-state index is 12.2. The van der Waals surface area contributed by atoms with Crippen molar-refractivity contribution in [2.45, 2.75) is 63.5 Å². The summed E-state index contributed by atoms with van der Waals surface area (Å²) in [6.45, 7) is 6.70. The van der Waals surface area contributed by atoms with Crippen LogP contribution in [0.2, 0.25) is 0 Å². The van der Waals surface area contributed by atoms with Gasteiger partial charge in [-0.2, -0.15) is 0 Å². The Morgan fingerprint density at radius 2 is 1.75 bits per heavy atom. The van der Waals surface area contributed by atoms with E-state index in [4.69, 9.17) is 0 Å². The molecule has 0 bridgehead atoms. The van der Waals surface area contributed by atoms with Gasteiger partial charge in [0.25, 0.3) is 0 Å². The Morgan fingerprint density at radius 1 is 0.917 bits per heavy atom. The van der Waals surface area contributed by atoms with Crippen LogP contribution < -0.4 is 10.6 Å². The predicted octanol–water partition coefficient (Wildman–Crippen LogP) is 2.03. The van der Waals surface area contributed by atoms with E-state index >= 15 is 0 Å². The van der Waals surface area contributed by atoms with Crippen LogP contribution in [0.25, 0.3) is 0 Å². The predicted molar refractivity (Wildman–Crippen MR) is 96.0 cm³/mol. The van der Waals surface area contributed by atoms with Crippen molar-refractivity contribution in [1.82, 2.24) is 20.4 Å². The number of urea groups is 1. The lowest BCUT2D eigenvalue weighted by molar-refractivity contribution is 0.232. The molecule has 4 aliphatic rings. The van der Waals surface area contributed by atoms with Gasteiger partial charge in [-0.3, -0.25) is 0 Å². The second-order valence-electron chi connectivity index (χ2n) is 8.63. The number of carbonyl (C=O) groups is 1. The second-order valence-corrected chi connectivity index (χ2v) is 8.63. The summed E-state index contributed by atoms with van der Waals surface area (Å²) in [4.78, 5) is 17.4. The Morgan fingerprint density at radius 3 is 2.54 bits per heavy atom. The molecule has 2 saturated heterocycles. The zero-order valence-electron chi connectivity index (χ0n) is 15.0. The van der Waals surface area contributed by atoms with Gasteiger partial charge in [-0.15, -0.1) is 0 Å². The van der Waals surface area contributed by atoms with Crippen LogP contribution in [-0.4, -0.2) is 67.2 Å². The Balaban J connectivity index is 1.11. The molecule has 0 spiro atoms. The van der Waals surface area contributed by atoms with E-state index in [9.17, 15) is 4.79 Å². The van der Waals surface area contributed by atoms with Crippen LogP contribution >= 0.6 is 0 Å². The van der Waals surface area contributed by atoms with E-state index in [0.717, 1.165) is 38.0 Å². The zero-order chi connectivity index (χ0) is 16.4. The van der Waals surface area contributed by atoms with E-state index < -0.39 is 0 Å². The van der Waals surface area contributed by atoms with Gasteiger partial charge in [0.2, 0.25) is 0 Å². The molecule has 24 heavy (non-hydrogen) atoms. The van der Waals surface area contributed by atoms with E-state index in [-0.39, 0.29) is 6.03 Å². The van der Waals surface area contributed by atoms with Crippen molar-refractivity contribution in [2.75, 3.05) is 39.3 Å². The summed E-state index contributed by atoms with van der Waals surface area (Å²) >= 11 is 0. The topological polar surface area (TPSA) is 47.6 Å². The molecule has 0 aromatic heterocycles. The molecule has 136 valence electrons. The Hall–Kier alpha value is -0.810. The smallest absolute Gasteiger partial charge is 0.315 e. The molecule has 0 unspecified atom stereocenters. The number of nitrogens with zero attached hydrogens (tertiary/aromatic N) is 2. The van der Waals surface area contributed by atoms with Crippen molar-refractivity contribution >= 4 is 6.03 Å². The summed E-state index contributed by atoms with van der Waals surface area (Å²) in [5.41, 5.74) is 0. The number of hydrogen-bond acceptors (Lipinski definition) is 3. The number of amides is 2. The first-order valence-electron chi connectivity index (χ1n) is 10.3. The van der Waals surface area contributed by atoms with Gasteiger partial charge in [0.15, 0.2) is 0 Å². The fraction of sp³-hybridized carbons (Fsp3) is 0.947. The monoisotopic (exact) mass is 334 g/mol. The highest BCUT2D eigenvalue weighted by atomic mass is 16.2. The van der Waals surface area contributed by atoms with Gasteiger partial charge in [0.1, 0.15) is 0 Å². The van der Waals surface area contributed by atoms with Gasteiger partial charge in [-0.1, -0.05) is 12.8 Å². The first-order valence-corrected chi connectivity index (χ1v) is 10.3. The number of carbonyl (C=O) groups excluding carboxylic acids is 1. The normalized spacial score (nSPS) is 32.5. The molecule has 0 aromatic carbocycles. The Kier molecular flexibility index (Phi) is 5.28. The molecule has 4 rings (SSSR count). The molecule has 2 amide bonds. The van der Waals surface area contributed by atoms with Gasteiger partial charge in [-0.05, 0) is 56.9 Å². The van der Waals surface area contributed by atoms with E-state index in [1.807, 2.05) is 0 Å². The number of rotatable bonds is 6. The molecule has 2 heterocycles. The minimum atomic E-state index is 0.0487. The highest BCUT2D eigenvalue weighted by molar-refractivity contribution is 5.74. The highest BCUT2D eigenvalue weighted by Crippen LogP contribution is 2.31. The van der Waals surface area contributed by atoms with Crippen LogP contribution in [0.15, 0.2) is 0 Å². The second kappa shape index (κ2) is 7.61. The van der Waals surface area contributed by atoms with E-state index in [1.54, 1.807) is 0 Å². The molecule has 5 heteroatoms. The Bertz CT molecular complexity index is 433. The number of likely N-dealkylation sites (tertiary alicyclic amines) is 2. The lowest BCUT2D eigenvalue weighted by atomic mass is 10.1. The van der Waals surface area contributed by atoms with Crippen LogP contribution in [-0.2, 0) is 0 Å². The summed E-state index contributed by atoms with van der Waals surface area (Å²) in [7, 11) is 0. The molecule has 0 aromatic rings. The van der Waals surface area contributed by atoms with Crippen molar-refractivity contribution in [1.29, 1.82) is 0 Å². The third kappa shape index (κ3) is 4.42. The molecule has 5 nitrogen and oxygen atoms in total. The first kappa shape index (κ1) is 16.6. The van der Waals surface area contributed by atoms with E-state index in [0.29, 0.717) is 12.0 Å². The zero-order valence-corrected chi connectivity index (χ0v) is 15.0. The van der Waals surface area contributed by atoms with Gasteiger partial charge in [-0.25, -0.2) is 4.79 Å². The SMILES string of the molecule is O=C(NC[C@H]1CCN(C2CC2)C1)N[C@H]1CCN(CC2CCCC2)C1. The third-order valence-electron chi connectivity index (χ3n) is 6.53. The summed E-state index contributed by atoms with van der Waals surface area (Å²) in [6.07, 6.45) is 10.8. The van der Waals surface area contributed by atoms with Crippen molar-refractivity contribution in [3.8, 4) is 0 Å². The lowest BCUT2D eigenvalue weighted by Gasteiger charge is -2.20. The molecule has 2 atom stereocenters. The van der Waals surface area contributed by atoms with Gasteiger partial charge in [0, 0.05) is 44.8 Å². The van der Waals surface area contributed by atoms with Crippen molar-refractivity contribution < 1.29 is 4.79 Å². The summed E-state index contributed by atoms with van der Waals surface area (Å²) in [5, 5.41) is 6.32. The third-order valence-corrected chi connectivity index (χ3v) is 6.53. The standard InChI is InChI=1S/C19H34N4O/c24-19(20-11-16-7-10-23(13-16)18-5-6-18)21-17-8-9-22(14-17)12-15-3-1-2-4-15/h15-18H,1-14H2,(H2,20,21,24)/t16-,17+/m1/s1. The van der Waals surface area contributed by atoms with Crippen LogP contribution in [0.5, 0.6) is 0 Å². The molecular weight excluding hydrogens is 300 g/mol. The molecule has 2 aliphatic heterocycles. The highest BCUT2D eigenvalue weighted by Gasteiger charge is 2.34. The quantitative estimate of drug-likeness (QED) is 0.781. The molecular formula is C19H34N4O. The summed E-state index contributed by atoms with van der Waals surface area (Å²) < 4.78 is 0. The van der Waals surface area contributed by atoms with Crippen LogP contribution in [0.3, 0.4) is 0 Å². The van der Waals surface area contributed by atoms with Crippen molar-refractivity contribution in [3.05, 3.63) is 0 Å². The maximum Gasteiger partial charge on any atom is 0.315 e. The van der Waals surface area contributed by atoms with E-state index in [2.05, 4.69) is 20.4 Å². The van der Waals surface area contributed by atoms with Crippen molar-refractivity contribution in [3.63, 3.8) is 0 Å². The average Bonchev–Trinajstić information content (AvgIpc) is 2.98. The first-order chi connectivity index (χ1) is 11.8. The van der Waals surface area contributed by atoms with Gasteiger partial charge >= 0.3 is 6.03 Å². The minimum absolute atomic E-state index is 0.0487. The molecule has 4 fully saturated rings. The van der Waals surface area contributed by atoms with Gasteiger partial charge < -0.3 is 20.4 Å². The summed E-state index contributed by atoms with van der Waals surface area (Å²) in [5.74, 6) is 1.56. The lowest BCUT2D eigenvalue weighted by Crippen LogP contribution is -2.45. The fourth-order valence-corrected chi connectivity index (χ4v) is 4.95. The van der Waals surface area contributed by atoms with E-state index in [1.165, 1.54) is 64.6 Å². The fourth-order valence-electron chi connectivity index (χ4n) is 4.95. The Labute approximate surface area is 146 Å². The van der Waals surface area contributed by atoms with Crippen LogP contribution in [0.4, 0.5) is 4.79 Å². The van der Waals surface area contributed by atoms with Crippen LogP contribution in [0.1, 0.15) is 51.4 Å². The van der Waals surface area contributed by atoms with Crippen LogP contribution in [0, 0.1) is 11.8 Å². The number of nitrogens with one attached hydrogen (secondary N) is 2. The molecule has 2 saturated carbocycles. The molecule has 0 radical (unpaired) electrons. The summed E-state index contributed by atoms with van der Waals surface area (Å²) in [6, 6.07) is 1.26. The molecule has 2 aliphatic carbocycles. The maximum atomic E-state index is 12.2.